The molecule has 0 aliphatic heterocycles. The summed E-state index contributed by atoms with van der Waals surface area (Å²) in [6.45, 7) is 1.93. The van der Waals surface area contributed by atoms with Crippen molar-refractivity contribution in [3.05, 3.63) is 47.8 Å². The van der Waals surface area contributed by atoms with Crippen molar-refractivity contribution in [3.63, 3.8) is 0 Å². The summed E-state index contributed by atoms with van der Waals surface area (Å²) in [6.07, 6.45) is -4.58. The van der Waals surface area contributed by atoms with Crippen molar-refractivity contribution in [1.29, 1.82) is 0 Å². The first kappa shape index (κ1) is 13.9. The first-order valence-electron chi connectivity index (χ1n) is 5.98. The fourth-order valence-corrected chi connectivity index (χ4v) is 2.65. The molecule has 0 amide bonds. The maximum atomic E-state index is 12.8. The van der Waals surface area contributed by atoms with Crippen LogP contribution in [0.5, 0.6) is 0 Å². The number of hydrogen-bond acceptors (Lipinski definition) is 4. The van der Waals surface area contributed by atoms with E-state index in [1.807, 2.05) is 31.2 Å². The maximum Gasteiger partial charge on any atom is 0.453 e. The van der Waals surface area contributed by atoms with Gasteiger partial charge in [0.1, 0.15) is 5.03 Å². The molecule has 0 aliphatic carbocycles. The van der Waals surface area contributed by atoms with Gasteiger partial charge < -0.3 is 0 Å². The summed E-state index contributed by atoms with van der Waals surface area (Å²) in [5, 5.41) is 11.0. The zero-order chi connectivity index (χ0) is 15.0. The Balaban J connectivity index is 2.03. The fourth-order valence-electron chi connectivity index (χ4n) is 1.79. The summed E-state index contributed by atoms with van der Waals surface area (Å²) in [7, 11) is 0. The highest BCUT2D eigenvalue weighted by Crippen LogP contribution is 2.31. The molecule has 2 aromatic heterocycles. The molecule has 0 unspecified atom stereocenters. The molecule has 0 spiro atoms. The summed E-state index contributed by atoms with van der Waals surface area (Å²) >= 11 is 1.30. The van der Waals surface area contributed by atoms with E-state index in [1.54, 1.807) is 6.07 Å². The Morgan fingerprint density at radius 2 is 1.81 bits per heavy atom. The van der Waals surface area contributed by atoms with Crippen LogP contribution in [0, 0.1) is 6.92 Å². The summed E-state index contributed by atoms with van der Waals surface area (Å²) < 4.78 is 39.1. The molecule has 0 bridgehead atoms. The maximum absolute atomic E-state index is 12.8. The van der Waals surface area contributed by atoms with Crippen LogP contribution >= 0.6 is 11.8 Å². The summed E-state index contributed by atoms with van der Waals surface area (Å²) in [4.78, 5) is 0.936. The standard InChI is InChI=1S/C13H9F3N4S/c1-8-4-2-3-5-9(8)21-11-7-6-10-17-18-12(13(14,15)16)20(10)19-11/h2-7H,1H3. The van der Waals surface area contributed by atoms with Gasteiger partial charge >= 0.3 is 6.18 Å². The smallest absolute Gasteiger partial charge is 0.188 e. The molecule has 8 heteroatoms. The third-order valence-corrected chi connectivity index (χ3v) is 3.90. The SMILES string of the molecule is Cc1ccccc1Sc1ccc2nnc(C(F)(F)F)n2n1. The third kappa shape index (κ3) is 2.71. The zero-order valence-electron chi connectivity index (χ0n) is 10.8. The van der Waals surface area contributed by atoms with E-state index in [-0.39, 0.29) is 5.65 Å². The number of hydrogen-bond donors (Lipinski definition) is 0. The number of nitrogens with zero attached hydrogens (tertiary/aromatic N) is 4. The first-order chi connectivity index (χ1) is 9.95. The van der Waals surface area contributed by atoms with Crippen LogP contribution in [-0.4, -0.2) is 19.8 Å². The molecule has 0 fully saturated rings. The molecule has 0 saturated heterocycles. The molecule has 0 N–H and O–H groups in total. The Morgan fingerprint density at radius 1 is 1.05 bits per heavy atom. The van der Waals surface area contributed by atoms with Crippen LogP contribution in [0.2, 0.25) is 0 Å². The Hall–Kier alpha value is -2.09. The molecule has 4 nitrogen and oxygen atoms in total. The number of benzene rings is 1. The molecule has 0 radical (unpaired) electrons. The van der Waals surface area contributed by atoms with Crippen molar-refractivity contribution in [2.24, 2.45) is 0 Å². The van der Waals surface area contributed by atoms with Gasteiger partial charge in [-0.1, -0.05) is 30.0 Å². The second-order valence-electron chi connectivity index (χ2n) is 4.33. The molecule has 3 rings (SSSR count). The highest BCUT2D eigenvalue weighted by molar-refractivity contribution is 7.99. The Bertz CT molecular complexity index is 797. The van der Waals surface area contributed by atoms with Crippen molar-refractivity contribution in [2.75, 3.05) is 0 Å². The summed E-state index contributed by atoms with van der Waals surface area (Å²) in [6, 6.07) is 10.7. The second-order valence-corrected chi connectivity index (χ2v) is 5.39. The van der Waals surface area contributed by atoms with Crippen LogP contribution in [0.25, 0.3) is 5.65 Å². The van der Waals surface area contributed by atoms with Crippen LogP contribution in [0.4, 0.5) is 13.2 Å². The fraction of sp³-hybridized carbons (Fsp3) is 0.154. The van der Waals surface area contributed by atoms with E-state index in [0.717, 1.165) is 15.0 Å². The lowest BCUT2D eigenvalue weighted by Gasteiger charge is -2.06. The molecule has 21 heavy (non-hydrogen) atoms. The monoisotopic (exact) mass is 310 g/mol. The van der Waals surface area contributed by atoms with Crippen LogP contribution in [0.1, 0.15) is 11.4 Å². The molecule has 3 aromatic rings. The van der Waals surface area contributed by atoms with E-state index in [4.69, 9.17) is 0 Å². The number of fused-ring (bicyclic) bond motifs is 1. The number of halogens is 3. The highest BCUT2D eigenvalue weighted by atomic mass is 32.2. The molecule has 0 atom stereocenters. The normalized spacial score (nSPS) is 12.0. The predicted octanol–water partition coefficient (Wildman–Crippen LogP) is 3.60. The van der Waals surface area contributed by atoms with Crippen molar-refractivity contribution in [3.8, 4) is 0 Å². The molecular weight excluding hydrogens is 301 g/mol. The van der Waals surface area contributed by atoms with Gasteiger partial charge in [-0.05, 0) is 30.7 Å². The lowest BCUT2D eigenvalue weighted by molar-refractivity contribution is -0.146. The van der Waals surface area contributed by atoms with Gasteiger partial charge in [-0.25, -0.2) is 0 Å². The lowest BCUT2D eigenvalue weighted by Crippen LogP contribution is -2.12. The number of rotatable bonds is 2. The van der Waals surface area contributed by atoms with Crippen LogP contribution in [0.3, 0.4) is 0 Å². The minimum Gasteiger partial charge on any atom is -0.188 e. The molecule has 0 saturated carbocycles. The Labute approximate surface area is 122 Å². The second kappa shape index (κ2) is 5.03. The number of aryl methyl sites for hydroxylation is 1. The van der Waals surface area contributed by atoms with Crippen LogP contribution in [0.15, 0.2) is 46.3 Å². The highest BCUT2D eigenvalue weighted by Gasteiger charge is 2.37. The Kier molecular flexibility index (Phi) is 3.32. The number of aromatic nitrogens is 4. The van der Waals surface area contributed by atoms with Crippen molar-refractivity contribution in [1.82, 2.24) is 19.8 Å². The van der Waals surface area contributed by atoms with Crippen molar-refractivity contribution in [2.45, 2.75) is 23.0 Å². The van der Waals surface area contributed by atoms with Crippen molar-refractivity contribution >= 4 is 17.4 Å². The minimum atomic E-state index is -4.58. The van der Waals surface area contributed by atoms with E-state index in [9.17, 15) is 13.2 Å². The van der Waals surface area contributed by atoms with Gasteiger partial charge in [-0.3, -0.25) is 0 Å². The van der Waals surface area contributed by atoms with E-state index in [1.165, 1.54) is 17.8 Å². The van der Waals surface area contributed by atoms with E-state index in [2.05, 4.69) is 15.3 Å². The van der Waals surface area contributed by atoms with Gasteiger partial charge in [-0.2, -0.15) is 22.8 Å². The molecule has 2 heterocycles. The van der Waals surface area contributed by atoms with E-state index >= 15 is 0 Å². The molecule has 108 valence electrons. The van der Waals surface area contributed by atoms with Crippen LogP contribution < -0.4 is 0 Å². The zero-order valence-corrected chi connectivity index (χ0v) is 11.6. The minimum absolute atomic E-state index is 0.0662. The van der Waals surface area contributed by atoms with E-state index in [0.29, 0.717) is 5.03 Å². The van der Waals surface area contributed by atoms with E-state index < -0.39 is 12.0 Å². The number of alkyl halides is 3. The van der Waals surface area contributed by atoms with Gasteiger partial charge in [0, 0.05) is 4.90 Å². The molecule has 0 aliphatic rings. The first-order valence-corrected chi connectivity index (χ1v) is 6.80. The Morgan fingerprint density at radius 3 is 2.52 bits per heavy atom. The van der Waals surface area contributed by atoms with Gasteiger partial charge in [0.05, 0.1) is 0 Å². The predicted molar refractivity (Wildman–Crippen MR) is 71.1 cm³/mol. The molecule has 1 aromatic carbocycles. The lowest BCUT2D eigenvalue weighted by atomic mass is 10.2. The average Bonchev–Trinajstić information content (AvgIpc) is 2.84. The quantitative estimate of drug-likeness (QED) is 0.725. The topological polar surface area (TPSA) is 43.1 Å². The van der Waals surface area contributed by atoms with Gasteiger partial charge in [-0.15, -0.1) is 10.2 Å². The third-order valence-electron chi connectivity index (χ3n) is 2.80. The summed E-state index contributed by atoms with van der Waals surface area (Å²) in [5.41, 5.74) is 1.10. The van der Waals surface area contributed by atoms with Crippen molar-refractivity contribution < 1.29 is 13.2 Å². The average molecular weight is 310 g/mol. The summed E-state index contributed by atoms with van der Waals surface area (Å²) in [5.74, 6) is -1.12. The van der Waals surface area contributed by atoms with Gasteiger partial charge in [0.2, 0.25) is 0 Å². The molecular formula is C13H9F3N4S. The largest absolute Gasteiger partial charge is 0.453 e. The van der Waals surface area contributed by atoms with Gasteiger partial charge in [0.15, 0.2) is 5.65 Å². The van der Waals surface area contributed by atoms with Gasteiger partial charge in [0.25, 0.3) is 5.82 Å². The van der Waals surface area contributed by atoms with Crippen LogP contribution in [-0.2, 0) is 6.18 Å².